The van der Waals surface area contributed by atoms with Gasteiger partial charge < -0.3 is 4.74 Å². The van der Waals surface area contributed by atoms with Crippen molar-refractivity contribution >= 4 is 15.7 Å². The summed E-state index contributed by atoms with van der Waals surface area (Å²) < 4.78 is 35.8. The van der Waals surface area contributed by atoms with Crippen LogP contribution in [-0.2, 0) is 16.6 Å². The summed E-state index contributed by atoms with van der Waals surface area (Å²) in [6, 6.07) is 25.7. The molecule has 6 nitrogen and oxygen atoms in total. The number of hydrogen-bond donors (Lipinski definition) is 1. The highest BCUT2D eigenvalue weighted by molar-refractivity contribution is 7.92. The van der Waals surface area contributed by atoms with E-state index in [4.69, 9.17) is 4.74 Å². The van der Waals surface area contributed by atoms with E-state index in [1.165, 1.54) is 0 Å². The van der Waals surface area contributed by atoms with Gasteiger partial charge in [-0.05, 0) is 55.8 Å². The molecule has 0 fully saturated rings. The van der Waals surface area contributed by atoms with E-state index in [-0.39, 0.29) is 4.90 Å². The van der Waals surface area contributed by atoms with Gasteiger partial charge in [-0.25, -0.2) is 8.42 Å². The smallest absolute Gasteiger partial charge is 0.262 e. The van der Waals surface area contributed by atoms with Crippen molar-refractivity contribution in [2.75, 3.05) is 4.72 Å². The molecule has 3 aromatic carbocycles. The fourth-order valence-corrected chi connectivity index (χ4v) is 4.49. The van der Waals surface area contributed by atoms with Gasteiger partial charge in [0.2, 0.25) is 0 Å². The maximum atomic E-state index is 12.7. The summed E-state index contributed by atoms with van der Waals surface area (Å²) in [7, 11) is -3.68. The Labute approximate surface area is 182 Å². The highest BCUT2D eigenvalue weighted by atomic mass is 32.2. The van der Waals surface area contributed by atoms with Crippen LogP contribution < -0.4 is 9.46 Å². The van der Waals surface area contributed by atoms with Gasteiger partial charge in [0, 0.05) is 0 Å². The molecular formula is C24H23N3O3S. The minimum absolute atomic E-state index is 0.215. The Morgan fingerprint density at radius 3 is 2.23 bits per heavy atom. The number of nitrogens with one attached hydrogen (secondary N) is 1. The summed E-state index contributed by atoms with van der Waals surface area (Å²) in [6.45, 7) is 4.14. The summed E-state index contributed by atoms with van der Waals surface area (Å²) in [4.78, 5) is 0.215. The van der Waals surface area contributed by atoms with Crippen molar-refractivity contribution in [3.05, 3.63) is 102 Å². The average molecular weight is 434 g/mol. The molecule has 0 unspecified atom stereocenters. The molecule has 0 atom stereocenters. The third-order valence-electron chi connectivity index (χ3n) is 4.88. The van der Waals surface area contributed by atoms with E-state index >= 15 is 0 Å². The Bertz CT molecular complexity index is 1280. The van der Waals surface area contributed by atoms with Crippen molar-refractivity contribution < 1.29 is 13.2 Å². The molecule has 0 amide bonds. The minimum atomic E-state index is -3.68. The highest BCUT2D eigenvalue weighted by Crippen LogP contribution is 2.26. The lowest BCUT2D eigenvalue weighted by Crippen LogP contribution is -2.14. The van der Waals surface area contributed by atoms with Crippen molar-refractivity contribution in [2.24, 2.45) is 0 Å². The maximum absolute atomic E-state index is 12.7. The van der Waals surface area contributed by atoms with E-state index in [0.717, 1.165) is 22.8 Å². The molecule has 0 saturated heterocycles. The Hall–Kier alpha value is -3.58. The summed E-state index contributed by atoms with van der Waals surface area (Å²) in [5.41, 5.74) is 2.86. The van der Waals surface area contributed by atoms with Crippen LogP contribution in [0.2, 0.25) is 0 Å². The molecule has 158 valence electrons. The first-order valence-electron chi connectivity index (χ1n) is 9.86. The second-order valence-electron chi connectivity index (χ2n) is 7.18. The number of sulfonamides is 1. The molecule has 0 aliphatic heterocycles. The summed E-state index contributed by atoms with van der Waals surface area (Å²) in [6.07, 6.45) is 0. The number of benzene rings is 3. The van der Waals surface area contributed by atoms with Gasteiger partial charge in [0.15, 0.2) is 0 Å². The third-order valence-corrected chi connectivity index (χ3v) is 6.25. The molecule has 0 aliphatic rings. The number of rotatable bonds is 7. The van der Waals surface area contributed by atoms with E-state index in [9.17, 15) is 8.42 Å². The number of aryl methyl sites for hydroxylation is 1. The molecule has 4 aromatic rings. The van der Waals surface area contributed by atoms with Crippen molar-refractivity contribution in [3.63, 3.8) is 0 Å². The zero-order valence-corrected chi connectivity index (χ0v) is 18.1. The van der Waals surface area contributed by atoms with Crippen molar-refractivity contribution in [1.82, 2.24) is 9.78 Å². The fourth-order valence-electron chi connectivity index (χ4n) is 3.30. The number of nitrogens with zero attached hydrogens (tertiary/aromatic N) is 2. The van der Waals surface area contributed by atoms with Crippen molar-refractivity contribution in [3.8, 4) is 11.5 Å². The zero-order valence-electron chi connectivity index (χ0n) is 17.3. The maximum Gasteiger partial charge on any atom is 0.262 e. The predicted octanol–water partition coefficient (Wildman–Crippen LogP) is 5.14. The Morgan fingerprint density at radius 1 is 0.871 bits per heavy atom. The monoisotopic (exact) mass is 433 g/mol. The molecule has 31 heavy (non-hydrogen) atoms. The van der Waals surface area contributed by atoms with Crippen LogP contribution >= 0.6 is 0 Å². The van der Waals surface area contributed by atoms with E-state index < -0.39 is 10.0 Å². The van der Waals surface area contributed by atoms with Crippen molar-refractivity contribution in [1.29, 1.82) is 0 Å². The predicted molar refractivity (Wildman–Crippen MR) is 121 cm³/mol. The van der Waals surface area contributed by atoms with Crippen LogP contribution in [0.3, 0.4) is 0 Å². The second kappa shape index (κ2) is 8.65. The third kappa shape index (κ3) is 4.78. The van der Waals surface area contributed by atoms with E-state index in [1.807, 2.05) is 61.5 Å². The van der Waals surface area contributed by atoms with Gasteiger partial charge in [-0.3, -0.25) is 9.40 Å². The fraction of sp³-hybridized carbons (Fsp3) is 0.125. The molecule has 0 saturated carbocycles. The first-order valence-corrected chi connectivity index (χ1v) is 11.3. The first kappa shape index (κ1) is 20.7. The molecule has 1 heterocycles. The number of para-hydroxylation sites is 1. The Balaban J connectivity index is 1.55. The van der Waals surface area contributed by atoms with Gasteiger partial charge in [0.1, 0.15) is 11.5 Å². The second-order valence-corrected chi connectivity index (χ2v) is 8.87. The van der Waals surface area contributed by atoms with Crippen LogP contribution in [0.5, 0.6) is 11.5 Å². The van der Waals surface area contributed by atoms with E-state index in [1.54, 1.807) is 41.9 Å². The Kier molecular flexibility index (Phi) is 5.77. The highest BCUT2D eigenvalue weighted by Gasteiger charge is 2.20. The van der Waals surface area contributed by atoms with Crippen LogP contribution in [0.15, 0.2) is 89.8 Å². The van der Waals surface area contributed by atoms with Gasteiger partial charge >= 0.3 is 0 Å². The molecule has 0 aliphatic carbocycles. The Morgan fingerprint density at radius 2 is 1.52 bits per heavy atom. The zero-order chi connectivity index (χ0) is 21.8. The summed E-state index contributed by atoms with van der Waals surface area (Å²) in [5.74, 6) is 1.50. The number of aromatic nitrogens is 2. The minimum Gasteiger partial charge on any atom is -0.457 e. The number of hydrogen-bond acceptors (Lipinski definition) is 4. The van der Waals surface area contributed by atoms with Gasteiger partial charge in [0.05, 0.1) is 28.5 Å². The number of anilines is 1. The molecular weight excluding hydrogens is 410 g/mol. The number of ether oxygens (including phenoxy) is 1. The normalized spacial score (nSPS) is 11.3. The molecule has 7 heteroatoms. The molecule has 0 radical (unpaired) electrons. The van der Waals surface area contributed by atoms with Crippen LogP contribution in [0.25, 0.3) is 0 Å². The topological polar surface area (TPSA) is 73.2 Å². The lowest BCUT2D eigenvalue weighted by atomic mass is 10.2. The SMILES string of the molecule is Cc1nn(Cc2cccc(Oc3ccccc3)c2)c(C)c1NS(=O)(=O)c1ccccc1. The van der Waals surface area contributed by atoms with Crippen LogP contribution in [0, 0.1) is 13.8 Å². The summed E-state index contributed by atoms with van der Waals surface area (Å²) in [5, 5.41) is 4.55. The first-order chi connectivity index (χ1) is 14.9. The van der Waals surface area contributed by atoms with Crippen LogP contribution in [-0.4, -0.2) is 18.2 Å². The molecule has 1 aromatic heterocycles. The average Bonchev–Trinajstić information content (AvgIpc) is 3.02. The standard InChI is InChI=1S/C24H23N3O3S/c1-18-24(26-31(28,29)23-14-7-4-8-15-23)19(2)27(25-18)17-20-10-9-13-22(16-20)30-21-11-5-3-6-12-21/h3-16,26H,17H2,1-2H3. The molecule has 0 spiro atoms. The largest absolute Gasteiger partial charge is 0.457 e. The lowest BCUT2D eigenvalue weighted by molar-refractivity contribution is 0.481. The van der Waals surface area contributed by atoms with E-state index in [0.29, 0.717) is 17.9 Å². The van der Waals surface area contributed by atoms with Gasteiger partial charge in [-0.2, -0.15) is 5.10 Å². The molecule has 1 N–H and O–H groups in total. The van der Waals surface area contributed by atoms with Gasteiger partial charge in [-0.15, -0.1) is 0 Å². The van der Waals surface area contributed by atoms with Crippen LogP contribution in [0.1, 0.15) is 17.0 Å². The van der Waals surface area contributed by atoms with Gasteiger partial charge in [-0.1, -0.05) is 48.5 Å². The quantitative estimate of drug-likeness (QED) is 0.438. The molecule has 4 rings (SSSR count). The summed E-state index contributed by atoms with van der Waals surface area (Å²) >= 11 is 0. The van der Waals surface area contributed by atoms with Crippen LogP contribution in [0.4, 0.5) is 5.69 Å². The van der Waals surface area contributed by atoms with Crippen molar-refractivity contribution in [2.45, 2.75) is 25.3 Å². The lowest BCUT2D eigenvalue weighted by Gasteiger charge is -2.10. The molecule has 0 bridgehead atoms. The van der Waals surface area contributed by atoms with Gasteiger partial charge in [0.25, 0.3) is 10.0 Å². The van der Waals surface area contributed by atoms with E-state index in [2.05, 4.69) is 9.82 Å².